The van der Waals surface area contributed by atoms with Gasteiger partial charge in [-0.25, -0.2) is 13.2 Å². The first kappa shape index (κ1) is 19.8. The minimum Gasteiger partial charge on any atom is -0.342 e. The molecule has 4 rings (SSSR count). The smallest absolute Gasteiger partial charge is 0.229 e. The number of likely N-dealkylation sites (tertiary alicyclic amines) is 1. The maximum atomic E-state index is 15.5. The van der Waals surface area contributed by atoms with Gasteiger partial charge in [0.25, 0.3) is 0 Å². The van der Waals surface area contributed by atoms with Crippen LogP contribution >= 0.6 is 12.6 Å². The van der Waals surface area contributed by atoms with Gasteiger partial charge in [-0.15, -0.1) is 0 Å². The van der Waals surface area contributed by atoms with Crippen molar-refractivity contribution in [3.05, 3.63) is 59.7 Å². The second kappa shape index (κ2) is 7.97. The molecule has 0 radical (unpaired) electrons. The Bertz CT molecular complexity index is 818. The van der Waals surface area contributed by atoms with Crippen molar-refractivity contribution in [2.75, 3.05) is 19.3 Å². The van der Waals surface area contributed by atoms with Crippen LogP contribution in [0.15, 0.2) is 42.5 Å². The van der Waals surface area contributed by atoms with Gasteiger partial charge in [0.05, 0.1) is 11.5 Å². The van der Waals surface area contributed by atoms with Gasteiger partial charge >= 0.3 is 0 Å². The van der Waals surface area contributed by atoms with Crippen LogP contribution in [-0.2, 0) is 10.5 Å². The zero-order chi connectivity index (χ0) is 19.6. The van der Waals surface area contributed by atoms with Crippen molar-refractivity contribution in [1.29, 1.82) is 0 Å². The third-order valence-electron chi connectivity index (χ3n) is 5.22. The van der Waals surface area contributed by atoms with E-state index in [0.29, 0.717) is 13.1 Å². The third-order valence-corrected chi connectivity index (χ3v) is 5.22. The molecule has 2 aromatic carbocycles. The second-order valence-electron chi connectivity index (χ2n) is 6.79. The van der Waals surface area contributed by atoms with Crippen molar-refractivity contribution in [3.8, 4) is 11.1 Å². The van der Waals surface area contributed by atoms with E-state index in [1.807, 2.05) is 0 Å². The molecule has 2 fully saturated rings. The summed E-state index contributed by atoms with van der Waals surface area (Å²) in [4.78, 5) is 14.2. The molecule has 2 aromatic rings. The zero-order valence-corrected chi connectivity index (χ0v) is 16.0. The number of thiol groups is 1. The van der Waals surface area contributed by atoms with Gasteiger partial charge in [0.1, 0.15) is 17.3 Å². The van der Waals surface area contributed by atoms with Crippen LogP contribution in [0, 0.1) is 17.6 Å². The maximum Gasteiger partial charge on any atom is 0.229 e. The summed E-state index contributed by atoms with van der Waals surface area (Å²) in [5.74, 6) is -2.43. The number of amides is 1. The van der Waals surface area contributed by atoms with E-state index in [2.05, 4.69) is 12.6 Å². The van der Waals surface area contributed by atoms with Crippen LogP contribution in [0.1, 0.15) is 24.8 Å². The molecule has 144 valence electrons. The monoisotopic (exact) mass is 393 g/mol. The van der Waals surface area contributed by atoms with Gasteiger partial charge in [-0.2, -0.15) is 12.6 Å². The highest BCUT2D eigenvalue weighted by molar-refractivity contribution is 7.79. The number of alkyl halides is 1. The van der Waals surface area contributed by atoms with Crippen LogP contribution < -0.4 is 0 Å². The molecule has 1 saturated carbocycles. The van der Waals surface area contributed by atoms with Crippen LogP contribution in [0.4, 0.5) is 13.2 Å². The molecule has 0 spiro atoms. The number of halogens is 3. The van der Waals surface area contributed by atoms with E-state index in [9.17, 15) is 13.6 Å². The minimum absolute atomic E-state index is 0.0649. The first-order valence-corrected chi connectivity index (χ1v) is 9.88. The van der Waals surface area contributed by atoms with Crippen molar-refractivity contribution < 1.29 is 18.0 Å². The van der Waals surface area contributed by atoms with E-state index in [4.69, 9.17) is 0 Å². The van der Waals surface area contributed by atoms with Crippen LogP contribution in [0.5, 0.6) is 0 Å². The molecule has 1 amide bonds. The SMILES string of the molecule is CS.O=C(C1CC1(F)c1ccccc1-c1c(F)cccc1F)N1CCCC1. The van der Waals surface area contributed by atoms with E-state index in [1.165, 1.54) is 18.2 Å². The fourth-order valence-corrected chi connectivity index (χ4v) is 3.80. The average Bonchev–Trinajstić information content (AvgIpc) is 3.10. The lowest BCUT2D eigenvalue weighted by molar-refractivity contribution is -0.132. The highest BCUT2D eigenvalue weighted by atomic mass is 32.1. The molecule has 2 atom stereocenters. The molecule has 1 aliphatic heterocycles. The maximum absolute atomic E-state index is 15.5. The Kier molecular flexibility index (Phi) is 5.84. The Labute approximate surface area is 162 Å². The van der Waals surface area contributed by atoms with E-state index in [1.54, 1.807) is 23.3 Å². The summed E-state index contributed by atoms with van der Waals surface area (Å²) in [7, 11) is 0. The molecular weight excluding hydrogens is 371 g/mol. The molecule has 1 saturated heterocycles. The fourth-order valence-electron chi connectivity index (χ4n) is 3.80. The highest BCUT2D eigenvalue weighted by Crippen LogP contribution is 2.58. The predicted octanol–water partition coefficient (Wildman–Crippen LogP) is 4.98. The van der Waals surface area contributed by atoms with Gasteiger partial charge in [0, 0.05) is 19.5 Å². The number of benzene rings is 2. The fraction of sp³-hybridized carbons (Fsp3) is 0.381. The number of hydrogen-bond acceptors (Lipinski definition) is 2. The van der Waals surface area contributed by atoms with E-state index in [0.717, 1.165) is 25.0 Å². The topological polar surface area (TPSA) is 20.3 Å². The third kappa shape index (κ3) is 3.59. The van der Waals surface area contributed by atoms with Crippen LogP contribution in [0.2, 0.25) is 0 Å². The van der Waals surface area contributed by atoms with E-state index < -0.39 is 23.2 Å². The Morgan fingerprint density at radius 2 is 1.63 bits per heavy atom. The average molecular weight is 393 g/mol. The Morgan fingerprint density at radius 3 is 2.26 bits per heavy atom. The molecule has 1 aliphatic carbocycles. The first-order valence-electron chi connectivity index (χ1n) is 8.98. The molecule has 2 unspecified atom stereocenters. The highest BCUT2D eigenvalue weighted by Gasteiger charge is 2.62. The minimum atomic E-state index is -1.86. The van der Waals surface area contributed by atoms with Gasteiger partial charge in [-0.3, -0.25) is 4.79 Å². The number of hydrogen-bond donors (Lipinski definition) is 1. The van der Waals surface area contributed by atoms with Crippen LogP contribution in [0.25, 0.3) is 11.1 Å². The van der Waals surface area contributed by atoms with Crippen molar-refractivity contribution >= 4 is 18.5 Å². The molecule has 2 aliphatic rings. The second-order valence-corrected chi connectivity index (χ2v) is 6.79. The molecule has 2 nitrogen and oxygen atoms in total. The zero-order valence-electron chi connectivity index (χ0n) is 15.1. The van der Waals surface area contributed by atoms with Gasteiger partial charge in [-0.1, -0.05) is 30.3 Å². The largest absolute Gasteiger partial charge is 0.342 e. The van der Waals surface area contributed by atoms with Gasteiger partial charge in [-0.05, 0) is 42.4 Å². The molecule has 0 bridgehead atoms. The summed E-state index contributed by atoms with van der Waals surface area (Å²) in [6, 6.07) is 9.87. The summed E-state index contributed by atoms with van der Waals surface area (Å²) in [6.07, 6.45) is 3.64. The number of carbonyl (C=O) groups excluding carboxylic acids is 1. The quantitative estimate of drug-likeness (QED) is 0.729. The van der Waals surface area contributed by atoms with Crippen molar-refractivity contribution in [2.24, 2.45) is 5.92 Å². The number of nitrogens with zero attached hydrogens (tertiary/aromatic N) is 1. The number of carbonyl (C=O) groups is 1. The Balaban J connectivity index is 0.00000102. The Hall–Kier alpha value is -1.95. The molecule has 0 N–H and O–H groups in total. The van der Waals surface area contributed by atoms with Crippen LogP contribution in [-0.4, -0.2) is 30.2 Å². The molecule has 0 aromatic heterocycles. The normalized spacial score (nSPS) is 23.6. The standard InChI is InChI=1S/C20H18F3NO.CH4S/c21-16-8-5-9-17(22)18(16)13-6-1-2-7-14(13)20(23)12-15(20)19(25)24-10-3-4-11-24;1-2/h1-2,5-9,15H,3-4,10-12H2;2H,1H3. The predicted molar refractivity (Wildman–Crippen MR) is 103 cm³/mol. The van der Waals surface area contributed by atoms with Gasteiger partial charge < -0.3 is 4.90 Å². The number of rotatable bonds is 3. The molecule has 6 heteroatoms. The van der Waals surface area contributed by atoms with Crippen molar-refractivity contribution in [2.45, 2.75) is 24.9 Å². The van der Waals surface area contributed by atoms with Gasteiger partial charge in [0.2, 0.25) is 5.91 Å². The lowest BCUT2D eigenvalue weighted by Gasteiger charge is -2.18. The Morgan fingerprint density at radius 1 is 1.04 bits per heavy atom. The van der Waals surface area contributed by atoms with E-state index in [-0.39, 0.29) is 29.0 Å². The van der Waals surface area contributed by atoms with Crippen LogP contribution in [0.3, 0.4) is 0 Å². The van der Waals surface area contributed by atoms with E-state index >= 15 is 4.39 Å². The molecular formula is C21H22F3NOS. The summed E-state index contributed by atoms with van der Waals surface area (Å²) < 4.78 is 43.9. The summed E-state index contributed by atoms with van der Waals surface area (Å²) in [5.41, 5.74) is -1.73. The van der Waals surface area contributed by atoms with Crippen molar-refractivity contribution in [3.63, 3.8) is 0 Å². The molecule has 1 heterocycles. The van der Waals surface area contributed by atoms with Gasteiger partial charge in [0.15, 0.2) is 0 Å². The van der Waals surface area contributed by atoms with Crippen molar-refractivity contribution in [1.82, 2.24) is 4.90 Å². The lowest BCUT2D eigenvalue weighted by atomic mass is 9.93. The lowest BCUT2D eigenvalue weighted by Crippen LogP contribution is -2.31. The molecule has 27 heavy (non-hydrogen) atoms. The summed E-state index contributed by atoms with van der Waals surface area (Å²) in [6.45, 7) is 1.32. The summed E-state index contributed by atoms with van der Waals surface area (Å²) >= 11 is 3.53. The summed E-state index contributed by atoms with van der Waals surface area (Å²) in [5, 5.41) is 0. The first-order chi connectivity index (χ1) is 13.0.